The van der Waals surface area contributed by atoms with Gasteiger partial charge in [0.15, 0.2) is 0 Å². The Hall–Kier alpha value is -2.98. The summed E-state index contributed by atoms with van der Waals surface area (Å²) in [5.41, 5.74) is 3.56. The number of aryl methyl sites for hydroxylation is 1. The highest BCUT2D eigenvalue weighted by Crippen LogP contribution is 2.29. The van der Waals surface area contributed by atoms with Crippen LogP contribution in [0.15, 0.2) is 35.4 Å². The van der Waals surface area contributed by atoms with Crippen LogP contribution in [0.5, 0.6) is 0 Å². The molecule has 0 bridgehead atoms. The fourth-order valence-corrected chi connectivity index (χ4v) is 5.11. The molecule has 0 spiro atoms. The molecule has 3 aromatic heterocycles. The molecule has 4 aromatic rings. The summed E-state index contributed by atoms with van der Waals surface area (Å²) < 4.78 is 42.0. The lowest BCUT2D eigenvalue weighted by atomic mass is 10.1. The largest absolute Gasteiger partial charge is 0.361 e. The van der Waals surface area contributed by atoms with E-state index in [4.69, 9.17) is 0 Å². The summed E-state index contributed by atoms with van der Waals surface area (Å²) in [6.45, 7) is 0.873. The minimum atomic E-state index is -3.31. The Morgan fingerprint density at radius 2 is 2.07 bits per heavy atom. The van der Waals surface area contributed by atoms with Crippen molar-refractivity contribution in [1.82, 2.24) is 23.6 Å². The van der Waals surface area contributed by atoms with E-state index in [2.05, 4.69) is 10.1 Å². The topological polar surface area (TPSA) is 93.0 Å². The number of H-pyrrole nitrogens is 1. The van der Waals surface area contributed by atoms with Gasteiger partial charge >= 0.3 is 0 Å². The summed E-state index contributed by atoms with van der Waals surface area (Å²) in [5.74, 6) is -0.329. The summed E-state index contributed by atoms with van der Waals surface area (Å²) in [4.78, 5) is 16.3. The summed E-state index contributed by atoms with van der Waals surface area (Å²) in [6, 6.07) is 4.48. The van der Waals surface area contributed by atoms with Crippen LogP contribution in [0.2, 0.25) is 0 Å². The Labute approximate surface area is 171 Å². The van der Waals surface area contributed by atoms with Crippen molar-refractivity contribution in [3.63, 3.8) is 0 Å². The fourth-order valence-electron chi connectivity index (χ4n) is 4.33. The molecule has 0 saturated heterocycles. The molecule has 0 aliphatic carbocycles. The van der Waals surface area contributed by atoms with Crippen molar-refractivity contribution in [2.45, 2.75) is 19.5 Å². The highest BCUT2D eigenvalue weighted by Gasteiger charge is 2.29. The van der Waals surface area contributed by atoms with Gasteiger partial charge in [0.05, 0.1) is 25.5 Å². The van der Waals surface area contributed by atoms with Crippen molar-refractivity contribution in [3.8, 4) is 0 Å². The molecule has 1 aliphatic rings. The second-order valence-electron chi connectivity index (χ2n) is 7.70. The first-order valence-corrected chi connectivity index (χ1v) is 11.4. The van der Waals surface area contributed by atoms with Gasteiger partial charge in [-0.3, -0.25) is 4.79 Å². The van der Waals surface area contributed by atoms with Crippen LogP contribution in [0, 0.1) is 5.82 Å². The quantitative estimate of drug-likeness (QED) is 0.537. The molecular weight excluding hydrogens is 409 g/mol. The van der Waals surface area contributed by atoms with E-state index >= 15 is 0 Å². The number of fused-ring (bicyclic) bond motifs is 4. The van der Waals surface area contributed by atoms with Gasteiger partial charge in [-0.2, -0.15) is 9.40 Å². The zero-order valence-corrected chi connectivity index (χ0v) is 17.3. The van der Waals surface area contributed by atoms with E-state index in [-0.39, 0.29) is 24.5 Å². The minimum Gasteiger partial charge on any atom is -0.361 e. The van der Waals surface area contributed by atoms with Crippen molar-refractivity contribution in [2.75, 3.05) is 12.8 Å². The molecule has 1 aliphatic heterocycles. The molecule has 4 heterocycles. The molecule has 1 aromatic carbocycles. The molecule has 1 N–H and O–H groups in total. The van der Waals surface area contributed by atoms with E-state index in [0.717, 1.165) is 27.6 Å². The number of aromatic nitrogens is 4. The van der Waals surface area contributed by atoms with Crippen LogP contribution in [-0.2, 0) is 36.6 Å². The number of hydrogen-bond donors (Lipinski definition) is 1. The lowest BCUT2D eigenvalue weighted by Crippen LogP contribution is -2.35. The third-order valence-corrected chi connectivity index (χ3v) is 7.14. The number of aromatic amines is 1. The number of nitrogens with one attached hydrogen (secondary N) is 1. The van der Waals surface area contributed by atoms with Crippen molar-refractivity contribution in [2.24, 2.45) is 7.05 Å². The average Bonchev–Trinajstić information content (AvgIpc) is 3.22. The molecule has 8 nitrogen and oxygen atoms in total. The fraction of sp³-hybridized carbons (Fsp3) is 0.300. The number of nitrogens with zero attached hydrogens (tertiary/aromatic N) is 4. The van der Waals surface area contributed by atoms with Gasteiger partial charge in [-0.1, -0.05) is 0 Å². The number of rotatable bonds is 3. The summed E-state index contributed by atoms with van der Waals surface area (Å²) in [7, 11) is -1.52. The highest BCUT2D eigenvalue weighted by molar-refractivity contribution is 7.88. The normalized spacial score (nSPS) is 15.2. The SMILES string of the molecule is Cn1c2c(c3cnn(Cc4c[nH]c5cc(F)ccc45)c(=O)c31)CCN(S(C)(=O)=O)C2. The average molecular weight is 429 g/mol. The van der Waals surface area contributed by atoms with Gasteiger partial charge in [-0.05, 0) is 35.7 Å². The monoisotopic (exact) mass is 429 g/mol. The van der Waals surface area contributed by atoms with Crippen LogP contribution in [0.1, 0.15) is 16.8 Å². The summed E-state index contributed by atoms with van der Waals surface area (Å²) >= 11 is 0. The Bertz CT molecular complexity index is 1480. The lowest BCUT2D eigenvalue weighted by Gasteiger charge is -2.25. The van der Waals surface area contributed by atoms with Crippen molar-refractivity contribution in [1.29, 1.82) is 0 Å². The van der Waals surface area contributed by atoms with E-state index in [0.29, 0.717) is 24.0 Å². The van der Waals surface area contributed by atoms with Crippen LogP contribution >= 0.6 is 0 Å². The van der Waals surface area contributed by atoms with Crippen LogP contribution in [0.4, 0.5) is 4.39 Å². The smallest absolute Gasteiger partial charge is 0.291 e. The van der Waals surface area contributed by atoms with Gasteiger partial charge in [0, 0.05) is 41.8 Å². The number of halogens is 1. The first-order valence-electron chi connectivity index (χ1n) is 9.51. The first kappa shape index (κ1) is 19.0. The van der Waals surface area contributed by atoms with Crippen LogP contribution in [0.3, 0.4) is 0 Å². The third kappa shape index (κ3) is 2.86. The van der Waals surface area contributed by atoms with E-state index in [9.17, 15) is 17.6 Å². The third-order valence-electron chi connectivity index (χ3n) is 5.89. The molecule has 0 saturated carbocycles. The molecule has 10 heteroatoms. The predicted octanol–water partition coefficient (Wildman–Crippen LogP) is 1.72. The van der Waals surface area contributed by atoms with Gasteiger partial charge in [0.1, 0.15) is 11.3 Å². The molecule has 0 radical (unpaired) electrons. The van der Waals surface area contributed by atoms with Crippen molar-refractivity contribution in [3.05, 3.63) is 63.6 Å². The van der Waals surface area contributed by atoms with Crippen molar-refractivity contribution >= 4 is 31.8 Å². The van der Waals surface area contributed by atoms with Gasteiger partial charge < -0.3 is 9.55 Å². The second-order valence-corrected chi connectivity index (χ2v) is 9.69. The summed E-state index contributed by atoms with van der Waals surface area (Å²) in [5, 5.41) is 5.97. The zero-order chi connectivity index (χ0) is 21.2. The maximum atomic E-state index is 13.4. The molecule has 30 heavy (non-hydrogen) atoms. The van der Waals surface area contributed by atoms with E-state index in [1.54, 1.807) is 30.1 Å². The Balaban J connectivity index is 1.60. The number of sulfonamides is 1. The molecule has 0 fully saturated rings. The number of benzene rings is 1. The Morgan fingerprint density at radius 1 is 1.27 bits per heavy atom. The molecule has 156 valence electrons. The summed E-state index contributed by atoms with van der Waals surface area (Å²) in [6.07, 6.45) is 5.17. The molecule has 0 unspecified atom stereocenters. The Morgan fingerprint density at radius 3 is 2.83 bits per heavy atom. The predicted molar refractivity (Wildman–Crippen MR) is 111 cm³/mol. The van der Waals surface area contributed by atoms with E-state index in [1.807, 2.05) is 0 Å². The van der Waals surface area contributed by atoms with E-state index in [1.165, 1.54) is 27.4 Å². The van der Waals surface area contributed by atoms with Crippen LogP contribution in [0.25, 0.3) is 21.8 Å². The second kappa shape index (κ2) is 6.51. The Kier molecular flexibility index (Phi) is 4.13. The van der Waals surface area contributed by atoms with E-state index < -0.39 is 10.0 Å². The molecule has 0 amide bonds. The number of hydrogen-bond acceptors (Lipinski definition) is 4. The van der Waals surface area contributed by atoms with Gasteiger partial charge in [-0.15, -0.1) is 0 Å². The maximum absolute atomic E-state index is 13.4. The van der Waals surface area contributed by atoms with Crippen LogP contribution in [-0.4, -0.2) is 44.9 Å². The molecule has 0 atom stereocenters. The zero-order valence-electron chi connectivity index (χ0n) is 16.5. The van der Waals surface area contributed by atoms with Gasteiger partial charge in [-0.25, -0.2) is 17.5 Å². The molecular formula is C20H20FN5O3S. The lowest BCUT2D eigenvalue weighted by molar-refractivity contribution is 0.386. The van der Waals surface area contributed by atoms with Gasteiger partial charge in [0.25, 0.3) is 5.56 Å². The first-order chi connectivity index (χ1) is 14.2. The maximum Gasteiger partial charge on any atom is 0.291 e. The minimum absolute atomic E-state index is 0.242. The van der Waals surface area contributed by atoms with Crippen molar-refractivity contribution < 1.29 is 12.8 Å². The van der Waals surface area contributed by atoms with Gasteiger partial charge in [0.2, 0.25) is 10.0 Å². The standard InChI is InChI=1S/C20H20FN5O3S/c1-24-18-11-25(30(2,28)29)6-5-15(18)16-9-23-26(20(27)19(16)24)10-12-8-22-17-7-13(21)3-4-14(12)17/h3-4,7-9,22H,5-6,10-11H2,1-2H3. The van der Waals surface area contributed by atoms with Crippen LogP contribution < -0.4 is 5.56 Å². The highest BCUT2D eigenvalue weighted by atomic mass is 32.2. The molecule has 5 rings (SSSR count).